The minimum Gasteiger partial charge on any atom is -0.285 e. The third-order valence-electron chi connectivity index (χ3n) is 2.01. The van der Waals surface area contributed by atoms with Crippen LogP contribution in [0.3, 0.4) is 0 Å². The molecule has 1 rings (SSSR count). The molecule has 68 valence electrons. The fourth-order valence-electron chi connectivity index (χ4n) is 1.57. The van der Waals surface area contributed by atoms with Gasteiger partial charge in [-0.2, -0.15) is 5.10 Å². The summed E-state index contributed by atoms with van der Waals surface area (Å²) in [5, 5.41) is 6.79. The predicted octanol–water partition coefficient (Wildman–Crippen LogP) is 2.95. The number of nitrogens with one attached hydrogen (secondary N) is 1. The molecule has 12 heavy (non-hydrogen) atoms. The second-order valence-electron chi connectivity index (χ2n) is 4.70. The molecule has 1 atom stereocenters. The van der Waals surface area contributed by atoms with Crippen LogP contribution in [0.5, 0.6) is 0 Å². The molecule has 0 fully saturated rings. The fourth-order valence-corrected chi connectivity index (χ4v) is 1.57. The lowest BCUT2D eigenvalue weighted by atomic mass is 9.83. The van der Waals surface area contributed by atoms with Gasteiger partial charge in [-0.3, -0.25) is 5.10 Å². The highest BCUT2D eigenvalue weighted by Gasteiger charge is 2.16. The number of hydrogen-bond donors (Lipinski definition) is 1. The van der Waals surface area contributed by atoms with E-state index in [1.165, 1.54) is 12.0 Å². The van der Waals surface area contributed by atoms with E-state index in [0.717, 1.165) is 0 Å². The summed E-state index contributed by atoms with van der Waals surface area (Å²) in [4.78, 5) is 0. The van der Waals surface area contributed by atoms with Crippen LogP contribution in [-0.2, 0) is 0 Å². The van der Waals surface area contributed by atoms with Crippen LogP contribution in [0, 0.1) is 5.41 Å². The first kappa shape index (κ1) is 9.30. The molecule has 1 aromatic heterocycles. The molecule has 0 aliphatic carbocycles. The average Bonchev–Trinajstić information content (AvgIpc) is 2.32. The van der Waals surface area contributed by atoms with E-state index < -0.39 is 0 Å². The van der Waals surface area contributed by atoms with Crippen molar-refractivity contribution in [2.75, 3.05) is 0 Å². The maximum absolute atomic E-state index is 3.95. The predicted molar refractivity (Wildman–Crippen MR) is 51.1 cm³/mol. The summed E-state index contributed by atoms with van der Waals surface area (Å²) in [5.74, 6) is 0.601. The zero-order valence-corrected chi connectivity index (χ0v) is 8.39. The molecule has 0 radical (unpaired) electrons. The van der Waals surface area contributed by atoms with E-state index in [-0.39, 0.29) is 0 Å². The first-order valence-electron chi connectivity index (χ1n) is 4.48. The normalized spacial score (nSPS) is 14.7. The lowest BCUT2D eigenvalue weighted by Crippen LogP contribution is -2.09. The molecule has 0 spiro atoms. The van der Waals surface area contributed by atoms with Crippen LogP contribution in [0.4, 0.5) is 0 Å². The third-order valence-corrected chi connectivity index (χ3v) is 2.01. The molecule has 1 unspecified atom stereocenters. The second-order valence-corrected chi connectivity index (χ2v) is 4.70. The van der Waals surface area contributed by atoms with E-state index in [0.29, 0.717) is 11.3 Å². The first-order valence-corrected chi connectivity index (χ1v) is 4.48. The summed E-state index contributed by atoms with van der Waals surface area (Å²) >= 11 is 0. The van der Waals surface area contributed by atoms with E-state index in [2.05, 4.69) is 37.9 Å². The smallest absolute Gasteiger partial charge is 0.0521 e. The summed E-state index contributed by atoms with van der Waals surface area (Å²) in [7, 11) is 0. The van der Waals surface area contributed by atoms with Crippen molar-refractivity contribution < 1.29 is 0 Å². The fraction of sp³-hybridized carbons (Fsp3) is 0.700. The van der Waals surface area contributed by atoms with Gasteiger partial charge in [0.25, 0.3) is 0 Å². The Morgan fingerprint density at radius 2 is 2.17 bits per heavy atom. The van der Waals surface area contributed by atoms with Crippen molar-refractivity contribution in [1.29, 1.82) is 0 Å². The minimum atomic E-state index is 0.399. The molecule has 1 heterocycles. The summed E-state index contributed by atoms with van der Waals surface area (Å²) in [6.07, 6.45) is 5.10. The molecule has 2 nitrogen and oxygen atoms in total. The van der Waals surface area contributed by atoms with Gasteiger partial charge in [0, 0.05) is 6.20 Å². The van der Waals surface area contributed by atoms with Gasteiger partial charge >= 0.3 is 0 Å². The summed E-state index contributed by atoms with van der Waals surface area (Å²) in [6, 6.07) is 0. The number of nitrogens with zero attached hydrogens (tertiary/aromatic N) is 1. The van der Waals surface area contributed by atoms with Gasteiger partial charge in [-0.05, 0) is 23.3 Å². The Labute approximate surface area is 74.4 Å². The molecule has 1 aromatic rings. The number of rotatable bonds is 2. The number of H-pyrrole nitrogens is 1. The van der Waals surface area contributed by atoms with Gasteiger partial charge in [-0.1, -0.05) is 27.7 Å². The first-order chi connectivity index (χ1) is 5.49. The van der Waals surface area contributed by atoms with Gasteiger partial charge < -0.3 is 0 Å². The van der Waals surface area contributed by atoms with E-state index in [1.807, 2.05) is 12.4 Å². The SMILES string of the molecule is CC(CC(C)(C)C)c1cn[nH]c1. The summed E-state index contributed by atoms with van der Waals surface area (Å²) in [5.41, 5.74) is 1.71. The molecule has 0 bridgehead atoms. The second kappa shape index (κ2) is 3.30. The molecular formula is C10H18N2. The standard InChI is InChI=1S/C10H18N2/c1-8(5-10(2,3)4)9-6-11-12-7-9/h6-8H,5H2,1-4H3,(H,11,12). The van der Waals surface area contributed by atoms with Crippen LogP contribution in [-0.4, -0.2) is 10.2 Å². The Morgan fingerprint density at radius 3 is 2.58 bits per heavy atom. The largest absolute Gasteiger partial charge is 0.285 e. The maximum Gasteiger partial charge on any atom is 0.0521 e. The summed E-state index contributed by atoms with van der Waals surface area (Å²) < 4.78 is 0. The maximum atomic E-state index is 3.95. The molecule has 1 N–H and O–H groups in total. The Bertz CT molecular complexity index is 218. The Balaban J connectivity index is 2.56. The van der Waals surface area contributed by atoms with Gasteiger partial charge in [-0.25, -0.2) is 0 Å². The third kappa shape index (κ3) is 2.68. The van der Waals surface area contributed by atoms with Crippen LogP contribution in [0.15, 0.2) is 12.4 Å². The van der Waals surface area contributed by atoms with Crippen molar-refractivity contribution in [3.05, 3.63) is 18.0 Å². The van der Waals surface area contributed by atoms with Crippen LogP contribution in [0.2, 0.25) is 0 Å². The molecule has 0 aromatic carbocycles. The van der Waals surface area contributed by atoms with Crippen molar-refractivity contribution >= 4 is 0 Å². The Morgan fingerprint density at radius 1 is 1.50 bits per heavy atom. The van der Waals surface area contributed by atoms with Crippen molar-refractivity contribution in [2.24, 2.45) is 5.41 Å². The molecule has 0 amide bonds. The van der Waals surface area contributed by atoms with Crippen molar-refractivity contribution in [1.82, 2.24) is 10.2 Å². The average molecular weight is 166 g/mol. The van der Waals surface area contributed by atoms with Crippen molar-refractivity contribution in [2.45, 2.75) is 40.0 Å². The van der Waals surface area contributed by atoms with Crippen LogP contribution >= 0.6 is 0 Å². The molecule has 0 saturated heterocycles. The monoisotopic (exact) mass is 166 g/mol. The van der Waals surface area contributed by atoms with Crippen LogP contribution < -0.4 is 0 Å². The van der Waals surface area contributed by atoms with Gasteiger partial charge in [0.1, 0.15) is 0 Å². The molecule has 2 heteroatoms. The number of hydrogen-bond acceptors (Lipinski definition) is 1. The Hall–Kier alpha value is -0.790. The number of aromatic amines is 1. The lowest BCUT2D eigenvalue weighted by molar-refractivity contribution is 0.349. The lowest BCUT2D eigenvalue weighted by Gasteiger charge is -2.22. The van der Waals surface area contributed by atoms with E-state index in [1.54, 1.807) is 0 Å². The van der Waals surface area contributed by atoms with Crippen LogP contribution in [0.1, 0.15) is 45.6 Å². The number of aromatic nitrogens is 2. The van der Waals surface area contributed by atoms with E-state index >= 15 is 0 Å². The van der Waals surface area contributed by atoms with Crippen LogP contribution in [0.25, 0.3) is 0 Å². The van der Waals surface area contributed by atoms with Crippen molar-refractivity contribution in [3.63, 3.8) is 0 Å². The summed E-state index contributed by atoms with van der Waals surface area (Å²) in [6.45, 7) is 9.05. The van der Waals surface area contributed by atoms with Gasteiger partial charge in [0.05, 0.1) is 6.20 Å². The topological polar surface area (TPSA) is 28.7 Å². The van der Waals surface area contributed by atoms with Gasteiger partial charge in [0.15, 0.2) is 0 Å². The van der Waals surface area contributed by atoms with E-state index in [9.17, 15) is 0 Å². The minimum absolute atomic E-state index is 0.399. The molecule has 0 saturated carbocycles. The highest BCUT2D eigenvalue weighted by atomic mass is 15.1. The molecule has 0 aliphatic heterocycles. The molecule has 0 aliphatic rings. The Kier molecular flexibility index (Phi) is 2.55. The van der Waals surface area contributed by atoms with Gasteiger partial charge in [0.2, 0.25) is 0 Å². The van der Waals surface area contributed by atoms with Crippen molar-refractivity contribution in [3.8, 4) is 0 Å². The van der Waals surface area contributed by atoms with E-state index in [4.69, 9.17) is 0 Å². The quantitative estimate of drug-likeness (QED) is 0.719. The highest BCUT2D eigenvalue weighted by Crippen LogP contribution is 2.29. The zero-order chi connectivity index (χ0) is 9.19. The van der Waals surface area contributed by atoms with Gasteiger partial charge in [-0.15, -0.1) is 0 Å². The zero-order valence-electron chi connectivity index (χ0n) is 8.39. The molecular weight excluding hydrogens is 148 g/mol. The highest BCUT2D eigenvalue weighted by molar-refractivity contribution is 5.09.